The van der Waals surface area contributed by atoms with Crippen molar-refractivity contribution in [1.29, 1.82) is 0 Å². The molecule has 0 saturated carbocycles. The molecule has 9 heteroatoms. The van der Waals surface area contributed by atoms with Crippen LogP contribution in [0.2, 0.25) is 0 Å². The van der Waals surface area contributed by atoms with E-state index in [1.807, 2.05) is 0 Å². The van der Waals surface area contributed by atoms with Gasteiger partial charge in [0, 0.05) is 24.8 Å². The van der Waals surface area contributed by atoms with Crippen molar-refractivity contribution in [2.45, 2.75) is 26.1 Å². The second-order valence-corrected chi connectivity index (χ2v) is 4.68. The lowest BCUT2D eigenvalue weighted by Gasteiger charge is -2.23. The topological polar surface area (TPSA) is 75.9 Å². The monoisotopic (exact) mass is 310 g/mol. The summed E-state index contributed by atoms with van der Waals surface area (Å²) in [5.41, 5.74) is 0. The van der Waals surface area contributed by atoms with Crippen molar-refractivity contribution in [3.63, 3.8) is 0 Å². The molecule has 0 radical (unpaired) electrons. The van der Waals surface area contributed by atoms with Gasteiger partial charge >= 0.3 is 6.55 Å². The van der Waals surface area contributed by atoms with Gasteiger partial charge in [0.15, 0.2) is 0 Å². The summed E-state index contributed by atoms with van der Waals surface area (Å²) in [5, 5.41) is 2.56. The van der Waals surface area contributed by atoms with Crippen LogP contribution in [0.3, 0.4) is 0 Å². The van der Waals surface area contributed by atoms with Gasteiger partial charge in [-0.1, -0.05) is 0 Å². The van der Waals surface area contributed by atoms with Gasteiger partial charge in [0.1, 0.15) is 5.82 Å². The van der Waals surface area contributed by atoms with Gasteiger partial charge in [-0.05, 0) is 20.0 Å². The molecule has 22 heavy (non-hydrogen) atoms. The summed E-state index contributed by atoms with van der Waals surface area (Å²) >= 11 is 0. The van der Waals surface area contributed by atoms with E-state index < -0.39 is 12.6 Å². The number of carbonyl (C=O) groups is 1. The van der Waals surface area contributed by atoms with Crippen LogP contribution in [0, 0.1) is 0 Å². The van der Waals surface area contributed by atoms with Crippen molar-refractivity contribution in [2.75, 3.05) is 12.4 Å². The van der Waals surface area contributed by atoms with Gasteiger partial charge in [0.05, 0.1) is 12.6 Å². The van der Waals surface area contributed by atoms with Crippen molar-refractivity contribution >= 4 is 11.9 Å². The zero-order valence-corrected chi connectivity index (χ0v) is 12.1. The molecule has 2 aromatic rings. The average Bonchev–Trinajstić information content (AvgIpc) is 2.95. The van der Waals surface area contributed by atoms with E-state index in [4.69, 9.17) is 0 Å². The van der Waals surface area contributed by atoms with Crippen molar-refractivity contribution in [3.05, 3.63) is 36.7 Å². The fraction of sp³-hybridized carbons (Fsp3) is 0.385. The van der Waals surface area contributed by atoms with Crippen LogP contribution >= 0.6 is 0 Å². The van der Waals surface area contributed by atoms with Crippen molar-refractivity contribution in [3.8, 4) is 0 Å². The first kappa shape index (κ1) is 16.0. The minimum Gasteiger partial charge on any atom is -0.293 e. The summed E-state index contributed by atoms with van der Waals surface area (Å²) in [6.07, 6.45) is 5.53. The van der Waals surface area contributed by atoms with Crippen LogP contribution < -0.4 is 5.32 Å². The number of aromatic nitrogens is 4. The standard InChI is InChI=1S/C13H16F2N6O/c1-9(11(22)19-13-17-4-3-5-18-13)20(2)8-10-16-6-7-21(10)12(14)15/h3-7,9,12H,8H2,1-2H3,(H,17,18,19,22)/t9-/m1/s1. The Balaban J connectivity index is 1.98. The van der Waals surface area contributed by atoms with Crippen LogP contribution in [0.25, 0.3) is 0 Å². The molecule has 1 atom stereocenters. The molecule has 7 nitrogen and oxygen atoms in total. The number of anilines is 1. The Labute approximate surface area is 126 Å². The summed E-state index contributed by atoms with van der Waals surface area (Å²) in [7, 11) is 1.65. The van der Waals surface area contributed by atoms with Crippen molar-refractivity contribution in [1.82, 2.24) is 24.4 Å². The normalized spacial score (nSPS) is 12.6. The largest absolute Gasteiger partial charge is 0.319 e. The third kappa shape index (κ3) is 3.82. The Morgan fingerprint density at radius 1 is 1.32 bits per heavy atom. The number of hydrogen-bond donors (Lipinski definition) is 1. The van der Waals surface area contributed by atoms with Gasteiger partial charge in [-0.25, -0.2) is 15.0 Å². The number of rotatable bonds is 6. The number of likely N-dealkylation sites (N-methyl/N-ethyl adjacent to an activating group) is 1. The maximum atomic E-state index is 12.8. The van der Waals surface area contributed by atoms with E-state index in [0.717, 1.165) is 4.57 Å². The molecule has 0 unspecified atom stereocenters. The van der Waals surface area contributed by atoms with E-state index >= 15 is 0 Å². The lowest BCUT2D eigenvalue weighted by atomic mass is 10.2. The first-order valence-electron chi connectivity index (χ1n) is 6.57. The second kappa shape index (κ2) is 7.03. The number of amides is 1. The van der Waals surface area contributed by atoms with Crippen LogP contribution in [0.1, 0.15) is 19.3 Å². The van der Waals surface area contributed by atoms with Crippen LogP contribution in [-0.4, -0.2) is 43.4 Å². The van der Waals surface area contributed by atoms with E-state index in [1.165, 1.54) is 24.8 Å². The lowest BCUT2D eigenvalue weighted by molar-refractivity contribution is -0.120. The summed E-state index contributed by atoms with van der Waals surface area (Å²) in [6.45, 7) is -0.886. The van der Waals surface area contributed by atoms with Crippen LogP contribution in [0.4, 0.5) is 14.7 Å². The molecule has 0 aliphatic heterocycles. The molecule has 1 N–H and O–H groups in total. The van der Waals surface area contributed by atoms with E-state index in [0.29, 0.717) is 0 Å². The minimum absolute atomic E-state index is 0.113. The summed E-state index contributed by atoms with van der Waals surface area (Å²) in [6, 6.07) is 1.07. The third-order valence-electron chi connectivity index (χ3n) is 3.19. The van der Waals surface area contributed by atoms with Gasteiger partial charge in [-0.15, -0.1) is 0 Å². The smallest absolute Gasteiger partial charge is 0.293 e. The maximum absolute atomic E-state index is 12.8. The fourth-order valence-electron chi connectivity index (χ4n) is 1.78. The van der Waals surface area contributed by atoms with Gasteiger partial charge in [0.2, 0.25) is 11.9 Å². The molecule has 0 saturated heterocycles. The summed E-state index contributed by atoms with van der Waals surface area (Å²) in [5.74, 6) is 0.0544. The summed E-state index contributed by atoms with van der Waals surface area (Å²) < 4.78 is 26.3. The molecule has 0 fully saturated rings. The zero-order valence-electron chi connectivity index (χ0n) is 12.1. The van der Waals surface area contributed by atoms with Gasteiger partial charge in [-0.2, -0.15) is 8.78 Å². The third-order valence-corrected chi connectivity index (χ3v) is 3.19. The number of nitrogens with one attached hydrogen (secondary N) is 1. The molecule has 0 aliphatic rings. The Hall–Kier alpha value is -2.42. The Bertz CT molecular complexity index is 618. The number of alkyl halides is 2. The molecule has 118 valence electrons. The maximum Gasteiger partial charge on any atom is 0.319 e. The number of hydrogen-bond acceptors (Lipinski definition) is 5. The van der Waals surface area contributed by atoms with Crippen molar-refractivity contribution in [2.24, 2.45) is 0 Å². The SMILES string of the molecule is C[C@H](C(=O)Nc1ncccn1)N(C)Cc1nccn1C(F)F. The number of halogens is 2. The predicted molar refractivity (Wildman–Crippen MR) is 75.1 cm³/mol. The van der Waals surface area contributed by atoms with E-state index in [9.17, 15) is 13.6 Å². The highest BCUT2D eigenvalue weighted by atomic mass is 19.3. The van der Waals surface area contributed by atoms with E-state index in [2.05, 4.69) is 20.3 Å². The highest BCUT2D eigenvalue weighted by molar-refractivity contribution is 5.92. The summed E-state index contributed by atoms with van der Waals surface area (Å²) in [4.78, 5) is 25.4. The molecule has 0 aliphatic carbocycles. The Kier molecular flexibility index (Phi) is 5.10. The molecular formula is C13H16F2N6O. The fourth-order valence-corrected chi connectivity index (χ4v) is 1.78. The molecule has 0 aromatic carbocycles. The van der Waals surface area contributed by atoms with E-state index in [1.54, 1.807) is 24.9 Å². The van der Waals surface area contributed by atoms with Crippen LogP contribution in [0.5, 0.6) is 0 Å². The molecule has 0 spiro atoms. The van der Waals surface area contributed by atoms with Gasteiger partial charge < -0.3 is 0 Å². The number of nitrogens with zero attached hydrogens (tertiary/aromatic N) is 5. The molecule has 1 amide bonds. The van der Waals surface area contributed by atoms with Gasteiger partial charge in [0.25, 0.3) is 0 Å². The quantitative estimate of drug-likeness (QED) is 0.875. The van der Waals surface area contributed by atoms with E-state index in [-0.39, 0.29) is 24.2 Å². The first-order valence-corrected chi connectivity index (χ1v) is 6.57. The Morgan fingerprint density at radius 2 is 2.00 bits per heavy atom. The van der Waals surface area contributed by atoms with Crippen molar-refractivity contribution < 1.29 is 13.6 Å². The molecule has 0 bridgehead atoms. The average molecular weight is 310 g/mol. The zero-order chi connectivity index (χ0) is 16.1. The molecular weight excluding hydrogens is 294 g/mol. The predicted octanol–water partition coefficient (Wildman–Crippen LogP) is 1.53. The van der Waals surface area contributed by atoms with Crippen LogP contribution in [-0.2, 0) is 11.3 Å². The first-order chi connectivity index (χ1) is 10.5. The lowest BCUT2D eigenvalue weighted by Crippen LogP contribution is -2.40. The molecule has 2 heterocycles. The van der Waals surface area contributed by atoms with Gasteiger partial charge in [-0.3, -0.25) is 19.6 Å². The number of carbonyl (C=O) groups excluding carboxylic acids is 1. The number of imidazole rings is 1. The van der Waals surface area contributed by atoms with Crippen LogP contribution in [0.15, 0.2) is 30.9 Å². The minimum atomic E-state index is -2.66. The molecule has 2 aromatic heterocycles. The highest BCUT2D eigenvalue weighted by Crippen LogP contribution is 2.14. The molecule has 2 rings (SSSR count). The highest BCUT2D eigenvalue weighted by Gasteiger charge is 2.21. The second-order valence-electron chi connectivity index (χ2n) is 4.68. The Morgan fingerprint density at radius 3 is 2.64 bits per heavy atom.